The number of amides is 2. The van der Waals surface area contributed by atoms with Crippen LogP contribution in [0.3, 0.4) is 0 Å². The van der Waals surface area contributed by atoms with Gasteiger partial charge in [-0.2, -0.15) is 0 Å². The highest BCUT2D eigenvalue weighted by atomic mass is 16.2. The largest absolute Gasteiger partial charge is 0.349 e. The van der Waals surface area contributed by atoms with Gasteiger partial charge in [0, 0.05) is 26.1 Å². The van der Waals surface area contributed by atoms with E-state index in [1.54, 1.807) is 4.90 Å². The number of carbonyl (C=O) groups is 2. The van der Waals surface area contributed by atoms with Crippen molar-refractivity contribution in [2.45, 2.75) is 45.2 Å². The van der Waals surface area contributed by atoms with Gasteiger partial charge in [0.2, 0.25) is 11.8 Å². The van der Waals surface area contributed by atoms with Crippen molar-refractivity contribution in [1.82, 2.24) is 10.2 Å². The summed E-state index contributed by atoms with van der Waals surface area (Å²) in [7, 11) is 0. The average Bonchev–Trinajstić information content (AvgIpc) is 2.94. The zero-order valence-corrected chi connectivity index (χ0v) is 14.0. The van der Waals surface area contributed by atoms with Crippen LogP contribution in [0.5, 0.6) is 0 Å². The molecule has 5 heteroatoms. The molecule has 1 aliphatic rings. The zero-order chi connectivity index (χ0) is 16.9. The topological polar surface area (TPSA) is 75.4 Å². The van der Waals surface area contributed by atoms with E-state index in [-0.39, 0.29) is 29.7 Å². The summed E-state index contributed by atoms with van der Waals surface area (Å²) in [6.07, 6.45) is 1.87. The molecule has 0 aliphatic carbocycles. The maximum atomic E-state index is 12.5. The van der Waals surface area contributed by atoms with Gasteiger partial charge < -0.3 is 16.0 Å². The molecule has 2 rings (SSSR count). The van der Waals surface area contributed by atoms with Crippen molar-refractivity contribution in [2.24, 2.45) is 11.7 Å². The zero-order valence-electron chi connectivity index (χ0n) is 14.0. The molecule has 3 N–H and O–H groups in total. The van der Waals surface area contributed by atoms with Crippen molar-refractivity contribution < 1.29 is 9.59 Å². The summed E-state index contributed by atoms with van der Waals surface area (Å²) in [6.45, 7) is 5.51. The fourth-order valence-electron chi connectivity index (χ4n) is 3.03. The molecular formula is C18H27N3O2. The van der Waals surface area contributed by atoms with E-state index in [2.05, 4.69) is 5.32 Å². The van der Waals surface area contributed by atoms with E-state index >= 15 is 0 Å². The van der Waals surface area contributed by atoms with Crippen molar-refractivity contribution >= 4 is 11.8 Å². The predicted molar refractivity (Wildman–Crippen MR) is 90.5 cm³/mol. The maximum absolute atomic E-state index is 12.5. The van der Waals surface area contributed by atoms with Gasteiger partial charge in [0.05, 0.1) is 11.5 Å². The molecule has 1 aromatic carbocycles. The number of nitrogens with zero attached hydrogens (tertiary/aromatic N) is 1. The van der Waals surface area contributed by atoms with Gasteiger partial charge in [0.15, 0.2) is 0 Å². The Bertz CT molecular complexity index is 532. The molecule has 2 amide bonds. The first-order valence-corrected chi connectivity index (χ1v) is 8.37. The van der Waals surface area contributed by atoms with E-state index in [1.807, 2.05) is 44.2 Å². The number of likely N-dealkylation sites (tertiary alicyclic amines) is 1. The summed E-state index contributed by atoms with van der Waals surface area (Å²) in [4.78, 5) is 26.5. The third-order valence-corrected chi connectivity index (χ3v) is 4.93. The summed E-state index contributed by atoms with van der Waals surface area (Å²) < 4.78 is 0. The van der Waals surface area contributed by atoms with Crippen LogP contribution in [0.4, 0.5) is 0 Å². The lowest BCUT2D eigenvalue weighted by Crippen LogP contribution is -2.54. The van der Waals surface area contributed by atoms with Gasteiger partial charge in [0.25, 0.3) is 0 Å². The second kappa shape index (κ2) is 7.59. The number of rotatable bonds is 7. The van der Waals surface area contributed by atoms with Crippen LogP contribution in [-0.2, 0) is 16.1 Å². The number of carbonyl (C=O) groups excluding carboxylic acids is 2. The first-order chi connectivity index (χ1) is 11.0. The molecular weight excluding hydrogens is 290 g/mol. The summed E-state index contributed by atoms with van der Waals surface area (Å²) in [6, 6.07) is 9.85. The SMILES string of the molecule is CCC(CC)(CN)NC(=O)C1CC(=O)N(Cc2ccccc2)C1. The van der Waals surface area contributed by atoms with Crippen molar-refractivity contribution in [1.29, 1.82) is 0 Å². The van der Waals surface area contributed by atoms with Gasteiger partial charge in [0.1, 0.15) is 0 Å². The van der Waals surface area contributed by atoms with E-state index in [0.29, 0.717) is 19.6 Å². The Morgan fingerprint density at radius 3 is 2.52 bits per heavy atom. The van der Waals surface area contributed by atoms with E-state index in [4.69, 9.17) is 5.73 Å². The van der Waals surface area contributed by atoms with Crippen molar-refractivity contribution in [3.8, 4) is 0 Å². The van der Waals surface area contributed by atoms with Gasteiger partial charge in [-0.15, -0.1) is 0 Å². The van der Waals surface area contributed by atoms with Gasteiger partial charge in [-0.25, -0.2) is 0 Å². The molecule has 1 fully saturated rings. The Kier molecular flexibility index (Phi) is 5.77. The normalized spacial score (nSPS) is 18.3. The highest BCUT2D eigenvalue weighted by molar-refractivity contribution is 5.89. The minimum absolute atomic E-state index is 0.0420. The molecule has 0 bridgehead atoms. The third kappa shape index (κ3) is 4.10. The molecule has 1 atom stereocenters. The van der Waals surface area contributed by atoms with Crippen LogP contribution in [0.1, 0.15) is 38.7 Å². The molecule has 23 heavy (non-hydrogen) atoms. The number of nitrogens with one attached hydrogen (secondary N) is 1. The second-order valence-corrected chi connectivity index (χ2v) is 6.34. The molecule has 5 nitrogen and oxygen atoms in total. The first kappa shape index (κ1) is 17.5. The van der Waals surface area contributed by atoms with Gasteiger partial charge >= 0.3 is 0 Å². The van der Waals surface area contributed by atoms with Crippen LogP contribution >= 0.6 is 0 Å². The monoisotopic (exact) mass is 317 g/mol. The molecule has 0 radical (unpaired) electrons. The van der Waals surface area contributed by atoms with Gasteiger partial charge in [-0.3, -0.25) is 9.59 Å². The molecule has 0 aromatic heterocycles. The van der Waals surface area contributed by atoms with Crippen LogP contribution < -0.4 is 11.1 Å². The van der Waals surface area contributed by atoms with Crippen LogP contribution in [-0.4, -0.2) is 35.3 Å². The van der Waals surface area contributed by atoms with Crippen molar-refractivity contribution in [3.05, 3.63) is 35.9 Å². The predicted octanol–water partition coefficient (Wildman–Crippen LogP) is 1.67. The lowest BCUT2D eigenvalue weighted by atomic mass is 9.91. The van der Waals surface area contributed by atoms with Crippen LogP contribution in [0, 0.1) is 5.92 Å². The summed E-state index contributed by atoms with van der Waals surface area (Å²) >= 11 is 0. The van der Waals surface area contributed by atoms with E-state index in [0.717, 1.165) is 18.4 Å². The maximum Gasteiger partial charge on any atom is 0.225 e. The smallest absolute Gasteiger partial charge is 0.225 e. The molecule has 126 valence electrons. The van der Waals surface area contributed by atoms with Gasteiger partial charge in [-0.05, 0) is 18.4 Å². The Hall–Kier alpha value is -1.88. The second-order valence-electron chi connectivity index (χ2n) is 6.34. The van der Waals surface area contributed by atoms with Crippen molar-refractivity contribution in [2.75, 3.05) is 13.1 Å². The van der Waals surface area contributed by atoms with E-state index in [9.17, 15) is 9.59 Å². The van der Waals surface area contributed by atoms with Gasteiger partial charge in [-0.1, -0.05) is 44.2 Å². The molecule has 0 saturated carbocycles. The third-order valence-electron chi connectivity index (χ3n) is 4.93. The molecule has 0 spiro atoms. The number of benzene rings is 1. The van der Waals surface area contributed by atoms with Crippen LogP contribution in [0.15, 0.2) is 30.3 Å². The Balaban J connectivity index is 1.97. The van der Waals surface area contributed by atoms with Crippen LogP contribution in [0.2, 0.25) is 0 Å². The number of hydrogen-bond donors (Lipinski definition) is 2. The summed E-state index contributed by atoms with van der Waals surface area (Å²) in [5, 5.41) is 3.08. The molecule has 1 aliphatic heterocycles. The van der Waals surface area contributed by atoms with Crippen molar-refractivity contribution in [3.63, 3.8) is 0 Å². The molecule has 1 aromatic rings. The quantitative estimate of drug-likeness (QED) is 0.803. The van der Waals surface area contributed by atoms with E-state index < -0.39 is 0 Å². The fourth-order valence-corrected chi connectivity index (χ4v) is 3.03. The van der Waals surface area contributed by atoms with E-state index in [1.165, 1.54) is 0 Å². The summed E-state index contributed by atoms with van der Waals surface area (Å²) in [5.74, 6) is -0.293. The molecule has 1 heterocycles. The molecule has 1 unspecified atom stereocenters. The average molecular weight is 317 g/mol. The minimum Gasteiger partial charge on any atom is -0.349 e. The Labute approximate surface area is 138 Å². The Morgan fingerprint density at radius 1 is 1.30 bits per heavy atom. The minimum atomic E-state index is -0.354. The lowest BCUT2D eigenvalue weighted by molar-refractivity contribution is -0.129. The highest BCUT2D eigenvalue weighted by Gasteiger charge is 2.37. The standard InChI is InChI=1S/C18H27N3O2/c1-3-18(4-2,13-19)20-17(23)15-10-16(22)21(12-15)11-14-8-6-5-7-9-14/h5-9,15H,3-4,10-13,19H2,1-2H3,(H,20,23). The number of nitrogens with two attached hydrogens (primary N) is 1. The molecule has 1 saturated heterocycles. The fraction of sp³-hybridized carbons (Fsp3) is 0.556. The van der Waals surface area contributed by atoms with Crippen LogP contribution in [0.25, 0.3) is 0 Å². The Morgan fingerprint density at radius 2 is 1.96 bits per heavy atom. The highest BCUT2D eigenvalue weighted by Crippen LogP contribution is 2.22. The number of hydrogen-bond acceptors (Lipinski definition) is 3. The first-order valence-electron chi connectivity index (χ1n) is 8.37. The summed E-state index contributed by atoms with van der Waals surface area (Å²) in [5.41, 5.74) is 6.57. The lowest BCUT2D eigenvalue weighted by Gasteiger charge is -2.32.